The van der Waals surface area contributed by atoms with Crippen LogP contribution < -0.4 is 21.3 Å². The van der Waals surface area contributed by atoms with E-state index >= 15 is 0 Å². The topological polar surface area (TPSA) is 61.3 Å². The quantitative estimate of drug-likeness (QED) is 0.402. The molecule has 2 aromatic carbocycles. The van der Waals surface area contributed by atoms with Crippen LogP contribution in [0.2, 0.25) is 0 Å². The molecule has 2 atom stereocenters. The van der Waals surface area contributed by atoms with Gasteiger partial charge in [0.25, 0.3) is 0 Å². The molecule has 2 heterocycles. The zero-order valence-corrected chi connectivity index (χ0v) is 19.7. The maximum Gasteiger partial charge on any atom is 0.416 e. The SMILES string of the molecule is C=C(NC1=NC(c2ccccc2C(F)(F)F)Nc2cccnc21)c1cccc(P)c1NCCC. The van der Waals surface area contributed by atoms with Gasteiger partial charge in [-0.1, -0.05) is 49.9 Å². The lowest BCUT2D eigenvalue weighted by atomic mass is 10.0. The van der Waals surface area contributed by atoms with Crippen LogP contribution in [0.15, 0.2) is 72.4 Å². The normalized spacial score (nSPS) is 15.1. The Bertz CT molecular complexity index is 1240. The molecule has 0 amide bonds. The lowest BCUT2D eigenvalue weighted by Gasteiger charge is -2.28. The second kappa shape index (κ2) is 9.85. The zero-order chi connectivity index (χ0) is 24.3. The highest BCUT2D eigenvalue weighted by Crippen LogP contribution is 2.38. The Morgan fingerprint density at radius 3 is 2.68 bits per heavy atom. The van der Waals surface area contributed by atoms with E-state index in [2.05, 4.69) is 48.7 Å². The standard InChI is InChI=1S/C25H25F3N5P/c1-3-13-29-21-16(9-6-12-20(21)34)15(2)31-24-22-19(11-7-14-30-22)32-23(33-24)17-8-4-5-10-18(17)25(26,27)28/h4-12,14,23,29,32H,2-3,13,34H2,1H3,(H,31,33). The van der Waals surface area contributed by atoms with Crippen molar-refractivity contribution < 1.29 is 13.2 Å². The fourth-order valence-corrected chi connectivity index (χ4v) is 4.16. The highest BCUT2D eigenvalue weighted by molar-refractivity contribution is 7.28. The second-order valence-electron chi connectivity index (χ2n) is 7.81. The molecule has 34 heavy (non-hydrogen) atoms. The summed E-state index contributed by atoms with van der Waals surface area (Å²) in [5.74, 6) is 0.344. The second-order valence-corrected chi connectivity index (χ2v) is 8.43. The first kappa shape index (κ1) is 23.8. The van der Waals surface area contributed by atoms with Gasteiger partial charge in [-0.2, -0.15) is 13.2 Å². The number of para-hydroxylation sites is 1. The van der Waals surface area contributed by atoms with Crippen molar-refractivity contribution in [1.29, 1.82) is 0 Å². The number of rotatable bonds is 6. The molecule has 3 aromatic rings. The maximum absolute atomic E-state index is 13.7. The molecule has 0 saturated carbocycles. The molecule has 1 aliphatic heterocycles. The maximum atomic E-state index is 13.7. The van der Waals surface area contributed by atoms with Gasteiger partial charge >= 0.3 is 6.18 Å². The van der Waals surface area contributed by atoms with Crippen LogP contribution in [0.3, 0.4) is 0 Å². The highest BCUT2D eigenvalue weighted by Gasteiger charge is 2.36. The molecule has 1 aliphatic rings. The van der Waals surface area contributed by atoms with Gasteiger partial charge < -0.3 is 16.0 Å². The third-order valence-corrected chi connectivity index (χ3v) is 5.87. The molecule has 4 rings (SSSR count). The van der Waals surface area contributed by atoms with E-state index in [0.717, 1.165) is 35.6 Å². The molecule has 2 unspecified atom stereocenters. The van der Waals surface area contributed by atoms with Crippen molar-refractivity contribution in [2.75, 3.05) is 17.2 Å². The number of anilines is 2. The van der Waals surface area contributed by atoms with Crippen LogP contribution in [0.5, 0.6) is 0 Å². The Labute approximate surface area is 198 Å². The number of pyridine rings is 1. The van der Waals surface area contributed by atoms with E-state index in [-0.39, 0.29) is 5.56 Å². The lowest BCUT2D eigenvalue weighted by molar-refractivity contribution is -0.138. The van der Waals surface area contributed by atoms with Crippen molar-refractivity contribution in [3.63, 3.8) is 0 Å². The van der Waals surface area contributed by atoms with Crippen molar-refractivity contribution >= 4 is 37.5 Å². The minimum absolute atomic E-state index is 0.0340. The van der Waals surface area contributed by atoms with Crippen LogP contribution in [0.1, 0.15) is 41.9 Å². The number of benzene rings is 2. The summed E-state index contributed by atoms with van der Waals surface area (Å²) in [6.07, 6.45) is -2.88. The molecule has 176 valence electrons. The summed E-state index contributed by atoms with van der Waals surface area (Å²) in [6, 6.07) is 14.7. The Morgan fingerprint density at radius 1 is 1.12 bits per heavy atom. The first-order valence-electron chi connectivity index (χ1n) is 10.8. The summed E-state index contributed by atoms with van der Waals surface area (Å²) in [5.41, 5.74) is 2.71. The molecule has 5 nitrogen and oxygen atoms in total. The predicted molar refractivity (Wildman–Crippen MR) is 135 cm³/mol. The summed E-state index contributed by atoms with van der Waals surface area (Å²) in [6.45, 7) is 7.06. The van der Waals surface area contributed by atoms with Crippen molar-refractivity contribution in [1.82, 2.24) is 10.3 Å². The summed E-state index contributed by atoms with van der Waals surface area (Å²) >= 11 is 0. The van der Waals surface area contributed by atoms with Gasteiger partial charge in [0.15, 0.2) is 5.84 Å². The van der Waals surface area contributed by atoms with Crippen LogP contribution in [0.4, 0.5) is 24.5 Å². The Kier molecular flexibility index (Phi) is 6.89. The van der Waals surface area contributed by atoms with Gasteiger partial charge in [0.05, 0.1) is 16.9 Å². The summed E-state index contributed by atoms with van der Waals surface area (Å²) in [7, 11) is 2.71. The molecule has 9 heteroatoms. The number of nitrogens with one attached hydrogen (secondary N) is 3. The predicted octanol–water partition coefficient (Wildman–Crippen LogP) is 5.55. The molecule has 0 spiro atoms. The minimum Gasteiger partial charge on any atom is -0.384 e. The fourth-order valence-electron chi connectivity index (χ4n) is 3.79. The number of fused-ring (bicyclic) bond motifs is 1. The van der Waals surface area contributed by atoms with E-state index in [9.17, 15) is 13.2 Å². The average molecular weight is 483 g/mol. The molecular weight excluding hydrogens is 458 g/mol. The van der Waals surface area contributed by atoms with Gasteiger partial charge in [0.1, 0.15) is 11.9 Å². The summed E-state index contributed by atoms with van der Waals surface area (Å²) in [5, 5.41) is 10.7. The van der Waals surface area contributed by atoms with Crippen molar-refractivity contribution in [3.8, 4) is 0 Å². The Morgan fingerprint density at radius 2 is 1.91 bits per heavy atom. The molecule has 3 N–H and O–H groups in total. The van der Waals surface area contributed by atoms with E-state index in [1.807, 2.05) is 18.2 Å². The van der Waals surface area contributed by atoms with E-state index < -0.39 is 17.9 Å². The van der Waals surface area contributed by atoms with Gasteiger partial charge in [-0.3, -0.25) is 4.98 Å². The van der Waals surface area contributed by atoms with Gasteiger partial charge in [-0.25, -0.2) is 4.99 Å². The number of halogens is 3. The van der Waals surface area contributed by atoms with Gasteiger partial charge in [0, 0.05) is 29.6 Å². The van der Waals surface area contributed by atoms with Crippen LogP contribution in [0, 0.1) is 0 Å². The number of hydrogen-bond acceptors (Lipinski definition) is 5. The average Bonchev–Trinajstić information content (AvgIpc) is 2.82. The Balaban J connectivity index is 1.73. The van der Waals surface area contributed by atoms with Gasteiger partial charge in [0.2, 0.25) is 0 Å². The molecule has 0 saturated heterocycles. The molecular formula is C25H25F3N5P. The van der Waals surface area contributed by atoms with E-state index in [0.29, 0.717) is 22.9 Å². The first-order chi connectivity index (χ1) is 16.3. The summed E-state index contributed by atoms with van der Waals surface area (Å²) < 4.78 is 41.1. The van der Waals surface area contributed by atoms with Gasteiger partial charge in [-0.05, 0) is 29.9 Å². The zero-order valence-electron chi connectivity index (χ0n) is 18.6. The van der Waals surface area contributed by atoms with Crippen LogP contribution in [-0.4, -0.2) is 17.4 Å². The van der Waals surface area contributed by atoms with E-state index in [1.165, 1.54) is 12.1 Å². The van der Waals surface area contributed by atoms with Crippen molar-refractivity contribution in [2.45, 2.75) is 25.7 Å². The number of nitrogens with zero attached hydrogens (tertiary/aromatic N) is 2. The summed E-state index contributed by atoms with van der Waals surface area (Å²) in [4.78, 5) is 8.99. The molecule has 1 aromatic heterocycles. The van der Waals surface area contributed by atoms with Crippen LogP contribution in [-0.2, 0) is 6.18 Å². The molecule has 0 fully saturated rings. The minimum atomic E-state index is -4.50. The molecule has 0 radical (unpaired) electrons. The number of aromatic nitrogens is 1. The third-order valence-electron chi connectivity index (χ3n) is 5.39. The number of hydrogen-bond donors (Lipinski definition) is 3. The van der Waals surface area contributed by atoms with E-state index in [1.54, 1.807) is 24.4 Å². The van der Waals surface area contributed by atoms with Gasteiger partial charge in [-0.15, -0.1) is 9.24 Å². The molecule has 0 bridgehead atoms. The third kappa shape index (κ3) is 4.92. The van der Waals surface area contributed by atoms with Crippen LogP contribution >= 0.6 is 9.24 Å². The largest absolute Gasteiger partial charge is 0.416 e. The Hall–Kier alpha value is -3.38. The molecule has 0 aliphatic carbocycles. The smallest absolute Gasteiger partial charge is 0.384 e. The van der Waals surface area contributed by atoms with E-state index in [4.69, 9.17) is 0 Å². The number of aliphatic imine (C=N–C) groups is 1. The fraction of sp³-hybridized carbons (Fsp3) is 0.200. The lowest BCUT2D eigenvalue weighted by Crippen LogP contribution is -2.31. The number of amidine groups is 1. The highest BCUT2D eigenvalue weighted by atomic mass is 31.0. The first-order valence-corrected chi connectivity index (χ1v) is 11.4. The van der Waals surface area contributed by atoms with Crippen LogP contribution in [0.25, 0.3) is 5.70 Å². The van der Waals surface area contributed by atoms with Crippen molar-refractivity contribution in [2.24, 2.45) is 4.99 Å². The number of alkyl halides is 3. The monoisotopic (exact) mass is 483 g/mol. The van der Waals surface area contributed by atoms with Crippen molar-refractivity contribution in [3.05, 3.63) is 89.8 Å².